The number of benzene rings is 1. The molecule has 4 saturated heterocycles. The van der Waals surface area contributed by atoms with Crippen LogP contribution in [-0.2, 0) is 105 Å². The van der Waals surface area contributed by atoms with Crippen molar-refractivity contribution in [3.63, 3.8) is 0 Å². The molecule has 5 amide bonds. The molecule has 1 aromatic rings. The van der Waals surface area contributed by atoms with Gasteiger partial charge in [0.15, 0.2) is 5.78 Å². The number of alkyl halides is 9. The first-order chi connectivity index (χ1) is 56.8. The van der Waals surface area contributed by atoms with Crippen LogP contribution in [0.2, 0.25) is 0 Å². The Morgan fingerprint density at radius 3 is 1.16 bits per heavy atom. The van der Waals surface area contributed by atoms with Gasteiger partial charge in [0, 0.05) is 78.4 Å². The van der Waals surface area contributed by atoms with Gasteiger partial charge in [-0.15, -0.1) is 0 Å². The second-order valence-corrected chi connectivity index (χ2v) is 44.5. The summed E-state index contributed by atoms with van der Waals surface area (Å²) in [6.45, 7) is 55.1. The van der Waals surface area contributed by atoms with Gasteiger partial charge < -0.3 is 74.7 Å². The van der Waals surface area contributed by atoms with Crippen LogP contribution >= 0.6 is 0 Å². The fourth-order valence-corrected chi connectivity index (χ4v) is 14.5. The Bertz CT molecular complexity index is 4530. The fourth-order valence-electron chi connectivity index (χ4n) is 10.7. The van der Waals surface area contributed by atoms with Gasteiger partial charge in [-0.3, -0.25) is 14.6 Å². The molecule has 0 spiro atoms. The fraction of sp³-hybridized carbons (Fsp3) is 0.731. The van der Waals surface area contributed by atoms with Crippen molar-refractivity contribution < 1.29 is 162 Å². The van der Waals surface area contributed by atoms with Crippen LogP contribution in [0.5, 0.6) is 0 Å². The number of rotatable bonds is 10. The summed E-state index contributed by atoms with van der Waals surface area (Å²) in [4.78, 5) is 77.3. The van der Waals surface area contributed by atoms with Gasteiger partial charge in [-0.2, -0.15) is 68.5 Å². The SMILES string of the molecule is CC(C)(C)OC(=O)N1C=C(B2OC(C)(C)C(C)(C)O2)CCC1.CC(C)(C)OC(=O)N1CCC=C(B2OC(C)(C)C(C)(C)O2)C1.CC(C)(C)OC(=O)N1CCC=C(OS(=O)(=O)C(F)(F)F)C1.CC(C)(C)OC(=O)N1CCCC(=O)C1.CC1(C)O[B]OC1(C)C.CS(=O)(=O)N(c1ccccc1)S(=O)(=O)C(F)(F)F.[CH2+]C(C)(C)OC(=O)N1C=C(OS(=O)(=O)C(F)(F)F)CCC1. The number of amides is 5. The number of allylic oxidation sites excluding steroid dienone is 2. The third kappa shape index (κ3) is 36.0. The van der Waals surface area contributed by atoms with Gasteiger partial charge in [-0.1, -0.05) is 24.3 Å². The van der Waals surface area contributed by atoms with Crippen LogP contribution in [0.1, 0.15) is 231 Å². The lowest BCUT2D eigenvalue weighted by Gasteiger charge is -2.32. The number of halogens is 9. The standard InChI is InChI=1S/2C16H28BNO4.C11H16F3NO5S.C11H15F3NO5S.C10H17NO3.C8H8F3NO4S2.C6H12BO2/c2*1-14(2,3)20-13(19)18-10-8-9-12(11-18)17-21-15(4,5)16(6,7)22-17;2*1-10(2,3)19-9(16)15-6-4-5-8(7-15)20-21(17,18)11(12,13)14;1-10(2,3)14-9(13)11-6-4-5-8(12)7-11;1-17(13,14)12(7-5-3-2-4-6-7)18(15,16)8(9,10)11;1-5(2)6(3,4)9-7-8-5/h11H,8-10H2,1-7H3;9H,8,10-11H2,1-7H3;5H,4,6-7H2,1-3H3;7H,1,4-6H2,2-3H3;4-7H2,1-3H3;2-6H,1H3;1-4H3/q;;;+1;;;. The molecule has 4 fully saturated rings. The summed E-state index contributed by atoms with van der Waals surface area (Å²) < 4.78 is 267. The number of carbonyl (C=O) groups excluding carboxylic acids is 6. The summed E-state index contributed by atoms with van der Waals surface area (Å²) >= 11 is 0. The monoisotopic (exact) mass is 1910 g/mol. The molecule has 0 N–H and O–H groups in total. The Hall–Kier alpha value is -7.41. The number of likely N-dealkylation sites (tertiary alicyclic amines) is 1. The van der Waals surface area contributed by atoms with E-state index in [2.05, 4.69) is 21.4 Å². The summed E-state index contributed by atoms with van der Waals surface area (Å²) in [5, 5.41) is 0. The summed E-state index contributed by atoms with van der Waals surface area (Å²) in [5.74, 6) is -0.816. The lowest BCUT2D eigenvalue weighted by atomic mass is 9.75. The van der Waals surface area contributed by atoms with E-state index in [1.807, 2.05) is 152 Å². The van der Waals surface area contributed by atoms with Gasteiger partial charge in [0.1, 0.15) is 40.8 Å². The number of hydrogen-bond acceptors (Lipinski definition) is 27. The second-order valence-electron chi connectivity index (χ2n) is 37.6. The maximum atomic E-state index is 12.4. The molecule has 0 unspecified atom stereocenters. The van der Waals surface area contributed by atoms with Crippen LogP contribution in [0.15, 0.2) is 77.3 Å². The zero-order valence-corrected chi connectivity index (χ0v) is 80.5. The molecule has 0 aromatic heterocycles. The van der Waals surface area contributed by atoms with E-state index in [0.29, 0.717) is 38.9 Å². The Kier molecular flexibility index (Phi) is 38.0. The van der Waals surface area contributed by atoms with Crippen LogP contribution in [0.25, 0.3) is 0 Å². The Morgan fingerprint density at radius 2 is 0.787 bits per heavy atom. The largest absolute Gasteiger partial charge is 0.534 e. The van der Waals surface area contributed by atoms with Crippen molar-refractivity contribution >= 4 is 104 Å². The van der Waals surface area contributed by atoms with Gasteiger partial charge in [-0.05, 0) is 234 Å². The molecule has 8 heterocycles. The number of carbonyl (C=O) groups is 6. The molecule has 49 heteroatoms. The van der Waals surface area contributed by atoms with E-state index in [0.717, 1.165) is 64.8 Å². The Labute approximate surface area is 742 Å². The maximum absolute atomic E-state index is 12.4. The highest BCUT2D eigenvalue weighted by atomic mass is 32.3. The van der Waals surface area contributed by atoms with E-state index in [1.165, 1.54) is 50.7 Å². The quantitative estimate of drug-likeness (QED) is 0.0524. The average Bonchev–Trinajstić information content (AvgIpc) is 1.76. The first-order valence-corrected chi connectivity index (χ1v) is 46.2. The van der Waals surface area contributed by atoms with E-state index in [4.69, 9.17) is 51.6 Å². The topological polar surface area (TPSA) is 378 Å². The molecule has 33 nitrogen and oxygen atoms in total. The van der Waals surface area contributed by atoms with Crippen molar-refractivity contribution in [3.05, 3.63) is 84.3 Å². The number of ether oxygens (including phenoxy) is 5. The number of piperidine rings is 1. The van der Waals surface area contributed by atoms with E-state index in [-0.39, 0.29) is 96.6 Å². The lowest BCUT2D eigenvalue weighted by Crippen LogP contribution is -2.44. The highest BCUT2D eigenvalue weighted by Crippen LogP contribution is 2.43. The summed E-state index contributed by atoms with van der Waals surface area (Å²) in [5.41, 5.74) is -20.5. The van der Waals surface area contributed by atoms with Crippen LogP contribution in [0.4, 0.5) is 69.2 Å². The van der Waals surface area contributed by atoms with Crippen molar-refractivity contribution in [3.8, 4) is 0 Å². The molecular formula is C78H124B3F9N6O27S4+. The first-order valence-electron chi connectivity index (χ1n) is 40.1. The van der Waals surface area contributed by atoms with Gasteiger partial charge in [0.25, 0.3) is 0 Å². The predicted octanol–water partition coefficient (Wildman–Crippen LogP) is 15.6. The zero-order valence-electron chi connectivity index (χ0n) is 77.2. The Balaban J connectivity index is 0.000000387. The first kappa shape index (κ1) is 114. The molecule has 0 atom stereocenters. The molecule has 0 bridgehead atoms. The van der Waals surface area contributed by atoms with Crippen LogP contribution in [0.3, 0.4) is 0 Å². The van der Waals surface area contributed by atoms with Crippen LogP contribution in [-0.4, -0.2) is 253 Å². The molecule has 1 radical (unpaired) electrons. The number of nitrogens with zero attached hydrogens (tertiary/aromatic N) is 6. The van der Waals surface area contributed by atoms with Crippen molar-refractivity contribution in [2.75, 3.05) is 62.3 Å². The molecular weight excluding hydrogens is 1780 g/mol. The maximum Gasteiger partial charge on any atom is 0.534 e. The molecule has 9 rings (SSSR count). The number of ketones is 1. The van der Waals surface area contributed by atoms with Crippen molar-refractivity contribution in [2.24, 2.45) is 0 Å². The number of Topliss-reactive ketones (excluding diaryl/α,β-unsaturated/α-hetero) is 1. The minimum atomic E-state index is -6.00. The summed E-state index contributed by atoms with van der Waals surface area (Å²) in [7, 11) is -21.5. The summed E-state index contributed by atoms with van der Waals surface area (Å²) in [6.07, 6.45) is 8.08. The van der Waals surface area contributed by atoms with Crippen LogP contribution in [0, 0.1) is 6.92 Å². The van der Waals surface area contributed by atoms with Gasteiger partial charge in [0.2, 0.25) is 15.6 Å². The highest BCUT2D eigenvalue weighted by molar-refractivity contribution is 8.10. The number of hydrogen-bond donors (Lipinski definition) is 0. The molecule has 8 aliphatic heterocycles. The summed E-state index contributed by atoms with van der Waals surface area (Å²) in [6, 6.07) is 5.75. The van der Waals surface area contributed by atoms with Gasteiger partial charge in [0.05, 0.1) is 58.6 Å². The van der Waals surface area contributed by atoms with Gasteiger partial charge in [-0.25, -0.2) is 32.4 Å². The second kappa shape index (κ2) is 42.4. The number of sulfonamides is 2. The molecule has 723 valence electrons. The van der Waals surface area contributed by atoms with Crippen molar-refractivity contribution in [2.45, 2.75) is 310 Å². The van der Waals surface area contributed by atoms with E-state index < -0.39 is 139 Å². The molecule has 8 aliphatic rings. The third-order valence-corrected chi connectivity index (χ3v) is 24.5. The minimum absolute atomic E-state index is 0.0349. The molecule has 1 aromatic carbocycles. The lowest BCUT2D eigenvalue weighted by molar-refractivity contribution is -0.122. The number of anilines is 1. The normalized spacial score (nSPS) is 20.1. The average molecular weight is 1910 g/mol. The zero-order chi connectivity index (χ0) is 98.5. The van der Waals surface area contributed by atoms with E-state index >= 15 is 0 Å². The molecule has 0 aliphatic carbocycles. The van der Waals surface area contributed by atoms with Crippen molar-refractivity contribution in [1.82, 2.24) is 24.5 Å². The van der Waals surface area contributed by atoms with Gasteiger partial charge >= 0.3 is 99.2 Å². The Morgan fingerprint density at radius 1 is 0.433 bits per heavy atom. The smallest absolute Gasteiger partial charge is 0.444 e. The highest BCUT2D eigenvalue weighted by Gasteiger charge is 2.57. The molecule has 127 heavy (non-hydrogen) atoms. The van der Waals surface area contributed by atoms with Crippen LogP contribution < -0.4 is 3.71 Å². The predicted molar refractivity (Wildman–Crippen MR) is 452 cm³/mol. The number of para-hydroxylation sites is 1. The van der Waals surface area contributed by atoms with E-state index in [9.17, 15) is 102 Å². The van der Waals surface area contributed by atoms with E-state index in [1.54, 1.807) is 30.6 Å². The molecule has 0 saturated carbocycles. The minimum Gasteiger partial charge on any atom is -0.444 e. The third-order valence-electron chi connectivity index (χ3n) is 19.1. The van der Waals surface area contributed by atoms with Crippen molar-refractivity contribution in [1.29, 1.82) is 0 Å².